The Balaban J connectivity index is 1.82. The number of hydrogen-bond acceptors (Lipinski definition) is 3. The SMILES string of the molecule is O=c1cc(C2CCNC(c3cc(Cl)cc(Cl)c3)C2)o[nH]1. The molecule has 0 radical (unpaired) electrons. The van der Waals surface area contributed by atoms with Crippen LogP contribution >= 0.6 is 23.2 Å². The van der Waals surface area contributed by atoms with Crippen LogP contribution in [0.4, 0.5) is 0 Å². The molecule has 1 saturated heterocycles. The van der Waals surface area contributed by atoms with E-state index in [-0.39, 0.29) is 17.5 Å². The molecule has 1 fully saturated rings. The van der Waals surface area contributed by atoms with E-state index in [0.29, 0.717) is 10.0 Å². The van der Waals surface area contributed by atoms with Gasteiger partial charge in [-0.3, -0.25) is 4.79 Å². The standard InChI is InChI=1S/C14H14Cl2N2O2/c15-10-3-9(4-11(16)6-10)12-5-8(1-2-17-12)13-7-14(19)18-20-13/h3-4,6-8,12,17H,1-2,5H2,(H,18,19). The largest absolute Gasteiger partial charge is 0.383 e. The van der Waals surface area contributed by atoms with Crippen molar-refractivity contribution in [3.8, 4) is 0 Å². The zero-order valence-corrected chi connectivity index (χ0v) is 12.2. The van der Waals surface area contributed by atoms with Crippen LogP contribution in [-0.4, -0.2) is 11.7 Å². The molecule has 106 valence electrons. The molecule has 0 aliphatic carbocycles. The fraction of sp³-hybridized carbons (Fsp3) is 0.357. The third-order valence-corrected chi connectivity index (χ3v) is 4.07. The minimum absolute atomic E-state index is 0.158. The zero-order valence-electron chi connectivity index (χ0n) is 10.7. The average molecular weight is 313 g/mol. The summed E-state index contributed by atoms with van der Waals surface area (Å²) in [4.78, 5) is 11.2. The van der Waals surface area contributed by atoms with Gasteiger partial charge in [0.2, 0.25) is 0 Å². The van der Waals surface area contributed by atoms with Crippen molar-refractivity contribution in [2.45, 2.75) is 24.8 Å². The van der Waals surface area contributed by atoms with Crippen molar-refractivity contribution in [3.05, 3.63) is 56.0 Å². The molecule has 1 aromatic carbocycles. The quantitative estimate of drug-likeness (QED) is 0.892. The van der Waals surface area contributed by atoms with Crippen LogP contribution in [0.2, 0.25) is 10.0 Å². The highest BCUT2D eigenvalue weighted by molar-refractivity contribution is 6.34. The molecule has 2 N–H and O–H groups in total. The van der Waals surface area contributed by atoms with Gasteiger partial charge in [-0.1, -0.05) is 23.2 Å². The summed E-state index contributed by atoms with van der Waals surface area (Å²) in [6.07, 6.45) is 1.78. The van der Waals surface area contributed by atoms with Crippen molar-refractivity contribution in [2.24, 2.45) is 0 Å². The van der Waals surface area contributed by atoms with Crippen LogP contribution in [0.5, 0.6) is 0 Å². The predicted molar refractivity (Wildman–Crippen MR) is 78.5 cm³/mol. The van der Waals surface area contributed by atoms with E-state index in [9.17, 15) is 4.79 Å². The Labute approximate surface area is 126 Å². The first-order valence-corrected chi connectivity index (χ1v) is 7.25. The van der Waals surface area contributed by atoms with Crippen molar-refractivity contribution in [3.63, 3.8) is 0 Å². The second-order valence-electron chi connectivity index (χ2n) is 5.05. The average Bonchev–Trinajstić information content (AvgIpc) is 2.85. The molecule has 2 unspecified atom stereocenters. The van der Waals surface area contributed by atoms with Crippen LogP contribution < -0.4 is 10.9 Å². The molecule has 6 heteroatoms. The molecule has 3 rings (SSSR count). The number of aromatic nitrogens is 1. The summed E-state index contributed by atoms with van der Waals surface area (Å²) < 4.78 is 5.22. The van der Waals surface area contributed by atoms with Gasteiger partial charge >= 0.3 is 0 Å². The van der Waals surface area contributed by atoms with E-state index >= 15 is 0 Å². The predicted octanol–water partition coefficient (Wildman–Crippen LogP) is 3.48. The molecule has 0 saturated carbocycles. The molecule has 2 aromatic rings. The van der Waals surface area contributed by atoms with E-state index in [1.54, 1.807) is 6.07 Å². The molecule has 2 atom stereocenters. The lowest BCUT2D eigenvalue weighted by Crippen LogP contribution is -2.30. The van der Waals surface area contributed by atoms with E-state index in [1.807, 2.05) is 12.1 Å². The number of nitrogens with one attached hydrogen (secondary N) is 2. The van der Waals surface area contributed by atoms with Gasteiger partial charge in [0.15, 0.2) is 0 Å². The third kappa shape index (κ3) is 2.92. The number of aromatic amines is 1. The third-order valence-electron chi connectivity index (χ3n) is 3.64. The van der Waals surface area contributed by atoms with Crippen LogP contribution in [-0.2, 0) is 0 Å². The first-order chi connectivity index (χ1) is 9.61. The van der Waals surface area contributed by atoms with Gasteiger partial charge in [0.25, 0.3) is 5.56 Å². The van der Waals surface area contributed by atoms with Gasteiger partial charge in [0.05, 0.1) is 0 Å². The minimum Gasteiger partial charge on any atom is -0.383 e. The Kier molecular flexibility index (Phi) is 3.87. The second kappa shape index (κ2) is 5.64. The van der Waals surface area contributed by atoms with E-state index in [0.717, 1.165) is 30.7 Å². The molecule has 2 heterocycles. The number of H-pyrrole nitrogens is 1. The van der Waals surface area contributed by atoms with Crippen molar-refractivity contribution >= 4 is 23.2 Å². The van der Waals surface area contributed by atoms with Gasteiger partial charge in [0, 0.05) is 28.1 Å². The molecule has 0 spiro atoms. The van der Waals surface area contributed by atoms with Crippen LogP contribution in [0.3, 0.4) is 0 Å². The maximum atomic E-state index is 11.2. The van der Waals surface area contributed by atoms with Crippen LogP contribution in [0, 0.1) is 0 Å². The second-order valence-corrected chi connectivity index (χ2v) is 5.92. The fourth-order valence-corrected chi connectivity index (χ4v) is 3.25. The summed E-state index contributed by atoms with van der Waals surface area (Å²) in [5, 5.41) is 7.05. The van der Waals surface area contributed by atoms with Gasteiger partial charge < -0.3 is 9.84 Å². The van der Waals surface area contributed by atoms with Crippen LogP contribution in [0.15, 0.2) is 33.6 Å². The molecule has 1 aliphatic rings. The molecule has 0 amide bonds. The van der Waals surface area contributed by atoms with Crippen molar-refractivity contribution in [1.29, 1.82) is 0 Å². The monoisotopic (exact) mass is 312 g/mol. The fourth-order valence-electron chi connectivity index (χ4n) is 2.70. The number of rotatable bonds is 2. The molecule has 1 aliphatic heterocycles. The Bertz CT molecular complexity index is 645. The smallest absolute Gasteiger partial charge is 0.280 e. The highest BCUT2D eigenvalue weighted by atomic mass is 35.5. The lowest BCUT2D eigenvalue weighted by molar-refractivity contribution is 0.295. The summed E-state index contributed by atoms with van der Waals surface area (Å²) >= 11 is 12.1. The number of hydrogen-bond donors (Lipinski definition) is 2. The number of piperidine rings is 1. The Morgan fingerprint density at radius 3 is 2.55 bits per heavy atom. The number of halogens is 2. The maximum Gasteiger partial charge on any atom is 0.280 e. The minimum atomic E-state index is -0.194. The molecular formula is C14H14Cl2N2O2. The molecule has 4 nitrogen and oxygen atoms in total. The van der Waals surface area contributed by atoms with E-state index in [4.69, 9.17) is 27.7 Å². The Hall–Kier alpha value is -1.23. The first-order valence-electron chi connectivity index (χ1n) is 6.49. The summed E-state index contributed by atoms with van der Waals surface area (Å²) in [5.74, 6) is 0.938. The normalized spacial score (nSPS) is 22.9. The van der Waals surface area contributed by atoms with Gasteiger partial charge in [-0.25, -0.2) is 0 Å². The highest BCUT2D eigenvalue weighted by Gasteiger charge is 2.26. The van der Waals surface area contributed by atoms with Gasteiger partial charge in [-0.2, -0.15) is 5.16 Å². The van der Waals surface area contributed by atoms with Gasteiger partial charge in [0.1, 0.15) is 5.76 Å². The van der Waals surface area contributed by atoms with E-state index in [1.165, 1.54) is 6.07 Å². The van der Waals surface area contributed by atoms with E-state index < -0.39 is 0 Å². The molecular weight excluding hydrogens is 299 g/mol. The lowest BCUT2D eigenvalue weighted by atomic mass is 9.87. The molecule has 1 aromatic heterocycles. The summed E-state index contributed by atoms with van der Waals surface area (Å²) in [5.41, 5.74) is 0.867. The highest BCUT2D eigenvalue weighted by Crippen LogP contribution is 2.35. The number of benzene rings is 1. The van der Waals surface area contributed by atoms with E-state index in [2.05, 4.69) is 10.5 Å². The topological polar surface area (TPSA) is 58.0 Å². The van der Waals surface area contributed by atoms with Crippen LogP contribution in [0.25, 0.3) is 0 Å². The van der Waals surface area contributed by atoms with Gasteiger partial charge in [-0.05, 0) is 43.1 Å². The summed E-state index contributed by atoms with van der Waals surface area (Å²) in [6, 6.07) is 7.24. The zero-order chi connectivity index (χ0) is 14.1. The molecule has 20 heavy (non-hydrogen) atoms. The maximum absolute atomic E-state index is 11.2. The lowest BCUT2D eigenvalue weighted by Gasteiger charge is -2.29. The van der Waals surface area contributed by atoms with Gasteiger partial charge in [-0.15, -0.1) is 0 Å². The first kappa shape index (κ1) is 13.7. The van der Waals surface area contributed by atoms with Crippen molar-refractivity contribution in [1.82, 2.24) is 10.5 Å². The van der Waals surface area contributed by atoms with Crippen molar-refractivity contribution < 1.29 is 4.52 Å². The molecule has 0 bridgehead atoms. The Morgan fingerprint density at radius 2 is 1.90 bits per heavy atom. The summed E-state index contributed by atoms with van der Waals surface area (Å²) in [6.45, 7) is 0.856. The van der Waals surface area contributed by atoms with Crippen molar-refractivity contribution in [2.75, 3.05) is 6.54 Å². The summed E-state index contributed by atoms with van der Waals surface area (Å²) in [7, 11) is 0. The van der Waals surface area contributed by atoms with Crippen LogP contribution in [0.1, 0.15) is 36.1 Å². The Morgan fingerprint density at radius 1 is 1.15 bits per heavy atom.